The largest absolute Gasteiger partial charge is 0.472 e. The van der Waals surface area contributed by atoms with Gasteiger partial charge in [0.2, 0.25) is 0 Å². The fourth-order valence-electron chi connectivity index (χ4n) is 6.63. The lowest BCUT2D eigenvalue weighted by Gasteiger charge is -2.11. The van der Waals surface area contributed by atoms with Gasteiger partial charge in [-0.1, -0.05) is 35.9 Å². The van der Waals surface area contributed by atoms with Crippen molar-refractivity contribution in [3.8, 4) is 33.8 Å². The molecule has 12 nitrogen and oxygen atoms in total. The first kappa shape index (κ1) is 34.6. The fraction of sp³-hybridized carbons (Fsp3) is 0.171. The van der Waals surface area contributed by atoms with Crippen molar-refractivity contribution in [2.45, 2.75) is 33.6 Å². The molecule has 8 aromatic rings. The molecule has 0 aliphatic carbocycles. The number of carbonyl (C=O) groups excluding carboxylic acids is 2. The Labute approximate surface area is 314 Å². The number of benzene rings is 2. The normalized spacial score (nSPS) is 13.3. The van der Waals surface area contributed by atoms with Gasteiger partial charge in [0.05, 0.1) is 75.3 Å². The van der Waals surface area contributed by atoms with Gasteiger partial charge in [-0.2, -0.15) is 0 Å². The van der Waals surface area contributed by atoms with Crippen molar-refractivity contribution in [2.75, 3.05) is 13.1 Å². The third kappa shape index (κ3) is 6.74. The van der Waals surface area contributed by atoms with Crippen LogP contribution in [-0.4, -0.2) is 54.8 Å². The van der Waals surface area contributed by atoms with Crippen LogP contribution in [0.4, 0.5) is 0 Å². The van der Waals surface area contributed by atoms with Crippen molar-refractivity contribution in [1.82, 2.24) is 40.5 Å². The molecule has 0 fully saturated rings. The molecule has 0 atom stereocenters. The minimum absolute atomic E-state index is 0.0324. The Balaban J connectivity index is 0.000000134. The van der Waals surface area contributed by atoms with Crippen LogP contribution in [0.15, 0.2) is 94.6 Å². The molecule has 2 aromatic carbocycles. The number of aromatic nitrogens is 6. The highest BCUT2D eigenvalue weighted by Gasteiger charge is 2.23. The summed E-state index contributed by atoms with van der Waals surface area (Å²) in [4.78, 5) is 49.2. The van der Waals surface area contributed by atoms with E-state index in [4.69, 9.17) is 30.4 Å². The van der Waals surface area contributed by atoms with E-state index < -0.39 is 0 Å². The molecule has 4 N–H and O–H groups in total. The number of aromatic amines is 2. The summed E-state index contributed by atoms with van der Waals surface area (Å²) in [5.74, 6) is -0.0704. The Morgan fingerprint density at radius 1 is 0.630 bits per heavy atom. The van der Waals surface area contributed by atoms with E-state index >= 15 is 0 Å². The maximum atomic E-state index is 12.1. The average Bonchev–Trinajstić information content (AvgIpc) is 4.00. The Morgan fingerprint density at radius 2 is 1.19 bits per heavy atom. The van der Waals surface area contributed by atoms with Crippen molar-refractivity contribution in [2.24, 2.45) is 0 Å². The molecule has 6 aromatic heterocycles. The minimum Gasteiger partial charge on any atom is -0.472 e. The van der Waals surface area contributed by atoms with Crippen LogP contribution in [0, 0.1) is 20.8 Å². The number of aryl methyl sites for hydroxylation is 3. The van der Waals surface area contributed by atoms with Crippen LogP contribution in [0.1, 0.15) is 49.1 Å². The fourth-order valence-corrected chi connectivity index (χ4v) is 6.75. The molecule has 0 bridgehead atoms. The maximum absolute atomic E-state index is 12.1. The number of nitrogens with one attached hydrogen (secondary N) is 4. The van der Waals surface area contributed by atoms with Crippen LogP contribution in [0.2, 0.25) is 5.15 Å². The van der Waals surface area contributed by atoms with Gasteiger partial charge in [-0.3, -0.25) is 9.59 Å². The van der Waals surface area contributed by atoms with Crippen LogP contribution < -0.4 is 10.6 Å². The summed E-state index contributed by atoms with van der Waals surface area (Å²) in [6.45, 7) is 7.08. The van der Waals surface area contributed by atoms with Crippen molar-refractivity contribution in [1.29, 1.82) is 0 Å². The van der Waals surface area contributed by atoms with Gasteiger partial charge in [0.1, 0.15) is 0 Å². The number of rotatable bonds is 3. The van der Waals surface area contributed by atoms with E-state index in [0.717, 1.165) is 85.8 Å². The zero-order valence-electron chi connectivity index (χ0n) is 29.7. The van der Waals surface area contributed by atoms with Gasteiger partial charge in [-0.25, -0.2) is 19.9 Å². The van der Waals surface area contributed by atoms with E-state index in [1.54, 1.807) is 25.1 Å². The molecular weight excluding hydrogens is 704 g/mol. The minimum atomic E-state index is -0.0380. The molecular formula is C41H35ClN8O4. The molecule has 10 rings (SSSR count). The van der Waals surface area contributed by atoms with Gasteiger partial charge in [0.25, 0.3) is 11.8 Å². The summed E-state index contributed by atoms with van der Waals surface area (Å²) >= 11 is 6.12. The lowest BCUT2D eigenvalue weighted by atomic mass is 10.1. The maximum Gasteiger partial charge on any atom is 0.253 e. The topological polar surface area (TPSA) is 168 Å². The van der Waals surface area contributed by atoms with Crippen molar-refractivity contribution >= 4 is 45.5 Å². The van der Waals surface area contributed by atoms with Gasteiger partial charge in [0.15, 0.2) is 5.15 Å². The van der Waals surface area contributed by atoms with Gasteiger partial charge >= 0.3 is 0 Å². The number of H-pyrrole nitrogens is 2. The van der Waals surface area contributed by atoms with Crippen LogP contribution in [0.3, 0.4) is 0 Å². The predicted molar refractivity (Wildman–Crippen MR) is 206 cm³/mol. The number of amides is 2. The number of halogens is 1. The second-order valence-corrected chi connectivity index (χ2v) is 13.4. The SMILES string of the molecule is Cc1ccoc1.Cc1nc2cccc(-c3cc4c([nH]3)CCNC4=O)c2nc1-c1ccoc1.Cc1nc2cccc(-c3cc4c([nH]3)CCNC4=O)c2nc1Cl. The standard InChI is InChI=1S/C20H16N4O2.C16H13ClN4O.C5H6O/c1-11-18(12-6-8-26-10-12)24-19-13(3-2-4-16(19)22-11)17-9-14-15(23-17)5-7-21-20(14)25;1-8-15(17)21-14-9(3-2-4-12(14)19-8)13-7-10-11(20-13)5-6-18-16(10)22;1-5-2-3-6-4-5/h2-4,6,8-10,23H,5,7H2,1H3,(H,21,25);2-4,7,20H,5-6H2,1H3,(H,18,22);2-4H,1H3. The van der Waals surface area contributed by atoms with Gasteiger partial charge in [-0.05, 0) is 62.7 Å². The molecule has 13 heteroatoms. The van der Waals surface area contributed by atoms with Crippen LogP contribution in [0.25, 0.3) is 55.8 Å². The number of para-hydroxylation sites is 2. The number of furan rings is 2. The quantitative estimate of drug-likeness (QED) is 0.142. The second-order valence-electron chi connectivity index (χ2n) is 13.1. The molecule has 2 amide bonds. The van der Waals surface area contributed by atoms with E-state index in [9.17, 15) is 9.59 Å². The molecule has 2 aliphatic rings. The molecule has 0 saturated heterocycles. The number of fused-ring (bicyclic) bond motifs is 4. The van der Waals surface area contributed by atoms with Gasteiger partial charge in [0, 0.05) is 65.4 Å². The lowest BCUT2D eigenvalue weighted by Crippen LogP contribution is -2.31. The average molecular weight is 739 g/mol. The zero-order valence-corrected chi connectivity index (χ0v) is 30.5. The van der Waals surface area contributed by atoms with E-state index in [-0.39, 0.29) is 11.8 Å². The Bertz CT molecular complexity index is 2660. The molecule has 2 aliphatic heterocycles. The summed E-state index contributed by atoms with van der Waals surface area (Å²) in [5.41, 5.74) is 14.5. The molecule has 54 heavy (non-hydrogen) atoms. The lowest BCUT2D eigenvalue weighted by molar-refractivity contribution is 0.0937. The molecule has 0 spiro atoms. The highest BCUT2D eigenvalue weighted by molar-refractivity contribution is 6.30. The highest BCUT2D eigenvalue weighted by Crippen LogP contribution is 2.32. The van der Waals surface area contributed by atoms with Crippen molar-refractivity contribution in [3.05, 3.63) is 130 Å². The summed E-state index contributed by atoms with van der Waals surface area (Å²) < 4.78 is 9.91. The Hall–Kier alpha value is -6.53. The molecule has 270 valence electrons. The van der Waals surface area contributed by atoms with E-state index in [0.29, 0.717) is 35.1 Å². The van der Waals surface area contributed by atoms with Crippen LogP contribution in [-0.2, 0) is 12.8 Å². The summed E-state index contributed by atoms with van der Waals surface area (Å²) in [5, 5.41) is 6.12. The first-order valence-electron chi connectivity index (χ1n) is 17.5. The Kier molecular flexibility index (Phi) is 9.26. The first-order chi connectivity index (χ1) is 26.2. The van der Waals surface area contributed by atoms with Crippen molar-refractivity contribution in [3.63, 3.8) is 0 Å². The number of hydrogen-bond donors (Lipinski definition) is 4. The molecule has 8 heterocycles. The second kappa shape index (κ2) is 14.5. The van der Waals surface area contributed by atoms with Crippen molar-refractivity contribution < 1.29 is 18.4 Å². The highest BCUT2D eigenvalue weighted by atomic mass is 35.5. The van der Waals surface area contributed by atoms with E-state index in [2.05, 4.69) is 30.6 Å². The molecule has 0 unspecified atom stereocenters. The monoisotopic (exact) mass is 738 g/mol. The van der Waals surface area contributed by atoms with E-state index in [1.807, 2.05) is 81.4 Å². The summed E-state index contributed by atoms with van der Waals surface area (Å²) in [6, 6.07) is 19.3. The zero-order chi connectivity index (χ0) is 37.3. The number of carbonyl (C=O) groups is 2. The third-order valence-corrected chi connectivity index (χ3v) is 9.69. The first-order valence-corrected chi connectivity index (χ1v) is 17.8. The molecule has 0 radical (unpaired) electrons. The molecule has 0 saturated carbocycles. The number of nitrogens with zero attached hydrogens (tertiary/aromatic N) is 4. The van der Waals surface area contributed by atoms with Gasteiger partial charge < -0.3 is 29.4 Å². The number of hydrogen-bond acceptors (Lipinski definition) is 8. The van der Waals surface area contributed by atoms with Crippen LogP contribution in [0.5, 0.6) is 0 Å². The van der Waals surface area contributed by atoms with Crippen LogP contribution >= 0.6 is 11.6 Å². The third-order valence-electron chi connectivity index (χ3n) is 9.33. The smallest absolute Gasteiger partial charge is 0.253 e. The Morgan fingerprint density at radius 3 is 1.69 bits per heavy atom. The summed E-state index contributed by atoms with van der Waals surface area (Å²) in [7, 11) is 0. The summed E-state index contributed by atoms with van der Waals surface area (Å²) in [6.07, 6.45) is 8.27. The van der Waals surface area contributed by atoms with E-state index in [1.165, 1.54) is 5.56 Å². The predicted octanol–water partition coefficient (Wildman–Crippen LogP) is 7.94. The van der Waals surface area contributed by atoms with Gasteiger partial charge in [-0.15, -0.1) is 0 Å².